The highest BCUT2D eigenvalue weighted by Crippen LogP contribution is 2.17. The molecule has 0 saturated carbocycles. The van der Waals surface area contributed by atoms with Crippen LogP contribution in [-0.4, -0.2) is 74.3 Å². The van der Waals surface area contributed by atoms with Crippen LogP contribution < -0.4 is 5.32 Å². The molecule has 144 valence electrons. The Balaban J connectivity index is 1.57. The first-order valence-corrected chi connectivity index (χ1v) is 9.46. The molecule has 0 bridgehead atoms. The first-order valence-electron chi connectivity index (χ1n) is 9.46. The highest BCUT2D eigenvalue weighted by atomic mass is 19.1. The van der Waals surface area contributed by atoms with E-state index in [9.17, 15) is 8.78 Å². The fraction of sp³-hybridized carbons (Fsp3) is 0.632. The second-order valence-electron chi connectivity index (χ2n) is 6.76. The van der Waals surface area contributed by atoms with E-state index in [1.807, 2.05) is 6.92 Å². The summed E-state index contributed by atoms with van der Waals surface area (Å²) in [6.45, 7) is 8.76. The van der Waals surface area contributed by atoms with Crippen LogP contribution in [0.1, 0.15) is 18.9 Å². The minimum absolute atomic E-state index is 0.372. The maximum atomic E-state index is 13.7. The molecule has 26 heavy (non-hydrogen) atoms. The van der Waals surface area contributed by atoms with E-state index in [1.165, 1.54) is 12.1 Å². The van der Waals surface area contributed by atoms with E-state index in [0.717, 1.165) is 64.4 Å². The van der Waals surface area contributed by atoms with Crippen LogP contribution in [0.5, 0.6) is 0 Å². The number of benzene rings is 1. The summed E-state index contributed by atoms with van der Waals surface area (Å²) in [4.78, 5) is 9.40. The summed E-state index contributed by atoms with van der Waals surface area (Å²) in [5.41, 5.74) is 0.372. The number of aliphatic imine (C=N–C) groups is 1. The highest BCUT2D eigenvalue weighted by molar-refractivity contribution is 5.80. The van der Waals surface area contributed by atoms with Crippen molar-refractivity contribution < 1.29 is 13.5 Å². The minimum atomic E-state index is -0.412. The molecule has 3 rings (SSSR count). The van der Waals surface area contributed by atoms with E-state index in [4.69, 9.17) is 4.74 Å². The van der Waals surface area contributed by atoms with Crippen LogP contribution in [0.25, 0.3) is 0 Å². The molecule has 2 aliphatic rings. The molecule has 1 atom stereocenters. The topological polar surface area (TPSA) is 40.1 Å². The van der Waals surface area contributed by atoms with Gasteiger partial charge in [-0.05, 0) is 43.5 Å². The van der Waals surface area contributed by atoms with E-state index in [-0.39, 0.29) is 5.82 Å². The fourth-order valence-electron chi connectivity index (χ4n) is 3.62. The molecule has 0 radical (unpaired) electrons. The Labute approximate surface area is 154 Å². The van der Waals surface area contributed by atoms with Crippen molar-refractivity contribution in [3.8, 4) is 0 Å². The first kappa shape index (κ1) is 19.0. The Hall–Kier alpha value is -1.73. The van der Waals surface area contributed by atoms with Gasteiger partial charge in [-0.15, -0.1) is 0 Å². The molecule has 2 fully saturated rings. The van der Waals surface area contributed by atoms with Gasteiger partial charge in [-0.3, -0.25) is 9.89 Å². The van der Waals surface area contributed by atoms with Gasteiger partial charge < -0.3 is 15.0 Å². The summed E-state index contributed by atoms with van der Waals surface area (Å²) in [5, 5.41) is 3.33. The summed E-state index contributed by atoms with van der Waals surface area (Å²) >= 11 is 0. The Bertz CT molecular complexity index is 620. The summed E-state index contributed by atoms with van der Waals surface area (Å²) in [5.74, 6) is 0.0745. The largest absolute Gasteiger partial charge is 0.379 e. The van der Waals surface area contributed by atoms with Crippen LogP contribution in [0.3, 0.4) is 0 Å². The molecule has 0 spiro atoms. The van der Waals surface area contributed by atoms with E-state index in [1.54, 1.807) is 0 Å². The van der Waals surface area contributed by atoms with Gasteiger partial charge in [-0.1, -0.05) is 0 Å². The van der Waals surface area contributed by atoms with Gasteiger partial charge in [-0.2, -0.15) is 0 Å². The molecular weight excluding hydrogens is 338 g/mol. The summed E-state index contributed by atoms with van der Waals surface area (Å²) in [6.07, 6.45) is 1.50. The molecule has 1 aromatic rings. The monoisotopic (exact) mass is 366 g/mol. The number of hydrogen-bond donors (Lipinski definition) is 1. The number of hydrogen-bond acceptors (Lipinski definition) is 3. The van der Waals surface area contributed by atoms with Crippen molar-refractivity contribution in [2.75, 3.05) is 52.5 Å². The quantitative estimate of drug-likeness (QED) is 0.638. The lowest BCUT2D eigenvalue weighted by molar-refractivity contribution is 0.0195. The van der Waals surface area contributed by atoms with Gasteiger partial charge in [0, 0.05) is 45.3 Å². The lowest BCUT2D eigenvalue weighted by Gasteiger charge is -2.32. The van der Waals surface area contributed by atoms with Gasteiger partial charge in [-0.25, -0.2) is 8.78 Å². The zero-order chi connectivity index (χ0) is 18.4. The Kier molecular flexibility index (Phi) is 6.80. The van der Waals surface area contributed by atoms with Crippen LogP contribution >= 0.6 is 0 Å². The molecule has 0 aromatic heterocycles. The van der Waals surface area contributed by atoms with Gasteiger partial charge in [0.25, 0.3) is 0 Å². The van der Waals surface area contributed by atoms with E-state index in [0.29, 0.717) is 24.6 Å². The lowest BCUT2D eigenvalue weighted by Crippen LogP contribution is -2.46. The highest BCUT2D eigenvalue weighted by Gasteiger charge is 2.30. The third-order valence-electron chi connectivity index (χ3n) is 5.01. The summed E-state index contributed by atoms with van der Waals surface area (Å²) < 4.78 is 32.5. The second kappa shape index (κ2) is 9.28. The summed E-state index contributed by atoms with van der Waals surface area (Å²) in [6, 6.07) is 4.10. The predicted molar refractivity (Wildman–Crippen MR) is 98.4 cm³/mol. The van der Waals surface area contributed by atoms with Crippen LogP contribution in [0.4, 0.5) is 8.78 Å². The van der Waals surface area contributed by atoms with Crippen molar-refractivity contribution in [1.82, 2.24) is 15.1 Å². The minimum Gasteiger partial charge on any atom is -0.379 e. The fourth-order valence-corrected chi connectivity index (χ4v) is 3.62. The molecule has 0 amide bonds. The van der Waals surface area contributed by atoms with Gasteiger partial charge >= 0.3 is 0 Å². The average molecular weight is 366 g/mol. The number of halogens is 2. The van der Waals surface area contributed by atoms with Crippen molar-refractivity contribution >= 4 is 5.96 Å². The van der Waals surface area contributed by atoms with Crippen LogP contribution in [0.2, 0.25) is 0 Å². The molecule has 2 heterocycles. The molecule has 1 N–H and O–H groups in total. The number of rotatable bonds is 5. The molecule has 1 unspecified atom stereocenters. The normalized spacial score (nSPS) is 22.0. The van der Waals surface area contributed by atoms with Crippen molar-refractivity contribution in [2.24, 2.45) is 4.99 Å². The molecule has 2 aliphatic heterocycles. The SMILES string of the molecule is CCNC(=NCCc1cc(F)ccc1F)N1CCC(N2CCOCC2)C1. The number of nitrogens with one attached hydrogen (secondary N) is 1. The van der Waals surface area contributed by atoms with Gasteiger partial charge in [0.1, 0.15) is 11.6 Å². The number of ether oxygens (including phenoxy) is 1. The van der Waals surface area contributed by atoms with E-state index in [2.05, 4.69) is 20.1 Å². The zero-order valence-corrected chi connectivity index (χ0v) is 15.4. The Morgan fingerprint density at radius 3 is 2.85 bits per heavy atom. The maximum Gasteiger partial charge on any atom is 0.193 e. The Morgan fingerprint density at radius 1 is 1.27 bits per heavy atom. The molecule has 7 heteroatoms. The van der Waals surface area contributed by atoms with E-state index < -0.39 is 5.82 Å². The van der Waals surface area contributed by atoms with Crippen LogP contribution in [0.15, 0.2) is 23.2 Å². The lowest BCUT2D eigenvalue weighted by atomic mass is 10.1. The average Bonchev–Trinajstić information content (AvgIpc) is 3.14. The number of morpholine rings is 1. The maximum absolute atomic E-state index is 13.7. The molecule has 2 saturated heterocycles. The standard InChI is InChI=1S/C19H28F2N4O/c1-2-22-19(23-7-5-15-13-16(20)3-4-18(15)21)25-8-6-17(14-25)24-9-11-26-12-10-24/h3-4,13,17H,2,5-12,14H2,1H3,(H,22,23). The zero-order valence-electron chi connectivity index (χ0n) is 15.4. The van der Waals surface area contributed by atoms with Crippen LogP contribution in [0, 0.1) is 11.6 Å². The molecule has 0 aliphatic carbocycles. The van der Waals surface area contributed by atoms with E-state index >= 15 is 0 Å². The van der Waals surface area contributed by atoms with Crippen molar-refractivity contribution in [3.05, 3.63) is 35.4 Å². The summed E-state index contributed by atoms with van der Waals surface area (Å²) in [7, 11) is 0. The van der Waals surface area contributed by atoms with Crippen LogP contribution in [-0.2, 0) is 11.2 Å². The Morgan fingerprint density at radius 2 is 2.08 bits per heavy atom. The second-order valence-corrected chi connectivity index (χ2v) is 6.76. The molecule has 5 nitrogen and oxygen atoms in total. The smallest absolute Gasteiger partial charge is 0.193 e. The van der Waals surface area contributed by atoms with Gasteiger partial charge in [0.15, 0.2) is 5.96 Å². The third kappa shape index (κ3) is 4.92. The van der Waals surface area contributed by atoms with Crippen molar-refractivity contribution in [2.45, 2.75) is 25.8 Å². The van der Waals surface area contributed by atoms with Gasteiger partial charge in [0.2, 0.25) is 0 Å². The predicted octanol–water partition coefficient (Wildman–Crippen LogP) is 1.88. The van der Waals surface area contributed by atoms with Crippen molar-refractivity contribution in [3.63, 3.8) is 0 Å². The molecule has 1 aromatic carbocycles. The number of likely N-dealkylation sites (tertiary alicyclic amines) is 1. The third-order valence-corrected chi connectivity index (χ3v) is 5.01. The number of nitrogens with zero attached hydrogens (tertiary/aromatic N) is 3. The van der Waals surface area contributed by atoms with Crippen molar-refractivity contribution in [1.29, 1.82) is 0 Å². The number of guanidine groups is 1. The van der Waals surface area contributed by atoms with Gasteiger partial charge in [0.05, 0.1) is 13.2 Å². The molecular formula is C19H28F2N4O. The first-order chi connectivity index (χ1) is 12.7.